The molecule has 10 heteroatoms. The average molecular weight is 451 g/mol. The molecule has 1 saturated heterocycles. The highest BCUT2D eigenvalue weighted by Crippen LogP contribution is 2.29. The minimum absolute atomic E-state index is 0.178. The number of carbonyl (C=O) groups excluding carboxylic acids is 3. The molecule has 0 bridgehead atoms. The summed E-state index contributed by atoms with van der Waals surface area (Å²) in [4.78, 5) is 41.9. The van der Waals surface area contributed by atoms with Gasteiger partial charge in [-0.2, -0.15) is 0 Å². The number of aromatic nitrogens is 2. The summed E-state index contributed by atoms with van der Waals surface area (Å²) in [5, 5.41) is 7.62. The Kier molecular flexibility index (Phi) is 9.01. The fraction of sp³-hybridized carbons (Fsp3) is 0.773. The first kappa shape index (κ1) is 24.2. The van der Waals surface area contributed by atoms with Crippen molar-refractivity contribution in [3.05, 3.63) is 11.8 Å². The van der Waals surface area contributed by atoms with Crippen molar-refractivity contribution in [1.29, 1.82) is 0 Å². The van der Waals surface area contributed by atoms with Crippen molar-refractivity contribution in [2.24, 2.45) is 5.92 Å². The van der Waals surface area contributed by atoms with E-state index in [1.165, 1.54) is 6.42 Å². The van der Waals surface area contributed by atoms with Crippen molar-refractivity contribution < 1.29 is 28.3 Å². The van der Waals surface area contributed by atoms with E-state index in [2.05, 4.69) is 10.2 Å². The standard InChI is InChI=1S/C22H34N4O6/c1-3-10-26(21(28)19-24-23-18(4-2)32-19)20(27)17(15-16-8-6-5-7-9-16)31-22(29)25-11-13-30-14-12-25/h16-17H,3-15H2,1-2H3. The van der Waals surface area contributed by atoms with Crippen molar-refractivity contribution in [2.45, 2.75) is 71.3 Å². The number of hydrogen-bond acceptors (Lipinski definition) is 8. The van der Waals surface area contributed by atoms with Crippen LogP contribution in [0.4, 0.5) is 4.79 Å². The lowest BCUT2D eigenvalue weighted by molar-refractivity contribution is -0.139. The predicted molar refractivity (Wildman–Crippen MR) is 114 cm³/mol. The normalized spacial score (nSPS) is 18.2. The first-order valence-electron chi connectivity index (χ1n) is 11.7. The van der Waals surface area contributed by atoms with Crippen molar-refractivity contribution in [2.75, 3.05) is 32.8 Å². The van der Waals surface area contributed by atoms with Gasteiger partial charge in [-0.05, 0) is 18.8 Å². The van der Waals surface area contributed by atoms with Crippen molar-refractivity contribution in [3.63, 3.8) is 0 Å². The molecule has 0 N–H and O–H groups in total. The molecule has 1 saturated carbocycles. The van der Waals surface area contributed by atoms with Gasteiger partial charge in [0, 0.05) is 26.1 Å². The van der Waals surface area contributed by atoms with Gasteiger partial charge < -0.3 is 18.8 Å². The predicted octanol–water partition coefficient (Wildman–Crippen LogP) is 2.82. The van der Waals surface area contributed by atoms with Gasteiger partial charge in [0.2, 0.25) is 5.89 Å². The molecule has 0 spiro atoms. The number of hydrogen-bond donors (Lipinski definition) is 0. The summed E-state index contributed by atoms with van der Waals surface area (Å²) in [5.41, 5.74) is 0. The van der Waals surface area contributed by atoms with Crippen LogP contribution in [0, 0.1) is 5.92 Å². The van der Waals surface area contributed by atoms with Crippen LogP contribution in [0.3, 0.4) is 0 Å². The molecule has 3 rings (SSSR count). The lowest BCUT2D eigenvalue weighted by Gasteiger charge is -2.31. The molecule has 32 heavy (non-hydrogen) atoms. The lowest BCUT2D eigenvalue weighted by atomic mass is 9.85. The summed E-state index contributed by atoms with van der Waals surface area (Å²) >= 11 is 0. The van der Waals surface area contributed by atoms with Gasteiger partial charge in [0.05, 0.1) is 13.2 Å². The number of carbonyl (C=O) groups is 3. The Balaban J connectivity index is 1.77. The molecule has 178 valence electrons. The molecule has 1 aromatic heterocycles. The molecule has 0 radical (unpaired) electrons. The van der Waals surface area contributed by atoms with E-state index < -0.39 is 24.0 Å². The molecule has 1 aliphatic carbocycles. The number of morpholine rings is 1. The van der Waals surface area contributed by atoms with Crippen LogP contribution in [-0.2, 0) is 20.7 Å². The van der Waals surface area contributed by atoms with E-state index in [0.717, 1.165) is 30.6 Å². The van der Waals surface area contributed by atoms with Gasteiger partial charge in [0.15, 0.2) is 6.10 Å². The second-order valence-electron chi connectivity index (χ2n) is 8.36. The summed E-state index contributed by atoms with van der Waals surface area (Å²) < 4.78 is 16.4. The van der Waals surface area contributed by atoms with Gasteiger partial charge >= 0.3 is 17.9 Å². The van der Waals surface area contributed by atoms with Crippen LogP contribution in [0.5, 0.6) is 0 Å². The molecular formula is C22H34N4O6. The van der Waals surface area contributed by atoms with Gasteiger partial charge in [-0.3, -0.25) is 14.5 Å². The van der Waals surface area contributed by atoms with Crippen LogP contribution in [0.2, 0.25) is 0 Å². The maximum absolute atomic E-state index is 13.5. The largest absolute Gasteiger partial charge is 0.436 e. The molecule has 10 nitrogen and oxygen atoms in total. The Morgan fingerprint density at radius 1 is 1.12 bits per heavy atom. The maximum atomic E-state index is 13.5. The zero-order valence-corrected chi connectivity index (χ0v) is 19.1. The third-order valence-electron chi connectivity index (χ3n) is 5.97. The summed E-state index contributed by atoms with van der Waals surface area (Å²) in [5.74, 6) is -0.793. The molecule has 0 aromatic carbocycles. The molecule has 2 heterocycles. The Morgan fingerprint density at radius 3 is 2.47 bits per heavy atom. The maximum Gasteiger partial charge on any atom is 0.410 e. The first-order valence-corrected chi connectivity index (χ1v) is 11.7. The third-order valence-corrected chi connectivity index (χ3v) is 5.97. The summed E-state index contributed by atoms with van der Waals surface area (Å²) in [6.45, 7) is 5.60. The molecule has 3 amide bonds. The number of aryl methyl sites for hydroxylation is 1. The number of nitrogens with zero attached hydrogens (tertiary/aromatic N) is 4. The molecule has 2 fully saturated rings. The van der Waals surface area contributed by atoms with Gasteiger partial charge in [-0.25, -0.2) is 4.79 Å². The number of rotatable bonds is 8. The summed E-state index contributed by atoms with van der Waals surface area (Å²) in [6.07, 6.45) is 5.24. The van der Waals surface area contributed by atoms with E-state index in [1.54, 1.807) is 4.90 Å². The highest BCUT2D eigenvalue weighted by Gasteiger charge is 2.36. The second-order valence-corrected chi connectivity index (χ2v) is 8.36. The van der Waals surface area contributed by atoms with Crippen LogP contribution in [-0.4, -0.2) is 76.9 Å². The van der Waals surface area contributed by atoms with Crippen molar-refractivity contribution >= 4 is 17.9 Å². The van der Waals surface area contributed by atoms with Gasteiger partial charge in [-0.1, -0.05) is 46.0 Å². The molecule has 1 atom stereocenters. The zero-order chi connectivity index (χ0) is 22.9. The fourth-order valence-electron chi connectivity index (χ4n) is 4.17. The van der Waals surface area contributed by atoms with Crippen LogP contribution in [0.15, 0.2) is 4.42 Å². The average Bonchev–Trinajstić information content (AvgIpc) is 3.32. The Labute approximate surface area is 188 Å². The zero-order valence-electron chi connectivity index (χ0n) is 19.1. The minimum atomic E-state index is -1.03. The van der Waals surface area contributed by atoms with E-state index in [9.17, 15) is 14.4 Å². The third kappa shape index (κ3) is 6.27. The second kappa shape index (κ2) is 11.9. The van der Waals surface area contributed by atoms with Gasteiger partial charge in [-0.15, -0.1) is 10.2 Å². The highest BCUT2D eigenvalue weighted by atomic mass is 16.6. The Bertz CT molecular complexity index is 770. The topological polar surface area (TPSA) is 115 Å². The molecule has 1 aromatic rings. The van der Waals surface area contributed by atoms with Gasteiger partial charge in [0.1, 0.15) is 0 Å². The summed E-state index contributed by atoms with van der Waals surface area (Å²) in [6, 6.07) is 0. The summed E-state index contributed by atoms with van der Waals surface area (Å²) in [7, 11) is 0. The quantitative estimate of drug-likeness (QED) is 0.594. The Hall–Kier alpha value is -2.49. The van der Waals surface area contributed by atoms with Crippen LogP contribution in [0.1, 0.15) is 75.4 Å². The van der Waals surface area contributed by atoms with Crippen molar-refractivity contribution in [3.8, 4) is 0 Å². The monoisotopic (exact) mass is 450 g/mol. The molecule has 2 aliphatic rings. The van der Waals surface area contributed by atoms with E-state index in [0.29, 0.717) is 51.5 Å². The van der Waals surface area contributed by atoms with Crippen LogP contribution < -0.4 is 0 Å². The molecular weight excluding hydrogens is 416 g/mol. The fourth-order valence-corrected chi connectivity index (χ4v) is 4.17. The van der Waals surface area contributed by atoms with E-state index in [1.807, 2.05) is 13.8 Å². The smallest absolute Gasteiger partial charge is 0.410 e. The van der Waals surface area contributed by atoms with E-state index in [4.69, 9.17) is 13.9 Å². The van der Waals surface area contributed by atoms with Crippen LogP contribution in [0.25, 0.3) is 0 Å². The number of imide groups is 1. The lowest BCUT2D eigenvalue weighted by Crippen LogP contribution is -2.49. The SMILES string of the molecule is CCCN(C(=O)c1nnc(CC)o1)C(=O)C(CC1CCCCC1)OC(=O)N1CCOCC1. The number of ether oxygens (including phenoxy) is 2. The Morgan fingerprint density at radius 2 is 1.84 bits per heavy atom. The van der Waals surface area contributed by atoms with Gasteiger partial charge in [0.25, 0.3) is 5.91 Å². The highest BCUT2D eigenvalue weighted by molar-refractivity contribution is 6.03. The minimum Gasteiger partial charge on any atom is -0.436 e. The van der Waals surface area contributed by atoms with Crippen molar-refractivity contribution in [1.82, 2.24) is 20.0 Å². The van der Waals surface area contributed by atoms with Crippen LogP contribution >= 0.6 is 0 Å². The van der Waals surface area contributed by atoms with E-state index in [-0.39, 0.29) is 18.4 Å². The first-order chi connectivity index (χ1) is 15.5. The molecule has 1 unspecified atom stereocenters. The van der Waals surface area contributed by atoms with E-state index >= 15 is 0 Å². The molecule has 1 aliphatic heterocycles. The number of amides is 3.